The maximum atomic E-state index is 12.0. The number of piperidine rings is 1. The molecule has 0 aromatic carbocycles. The van der Waals surface area contributed by atoms with Gasteiger partial charge in [-0.25, -0.2) is 0 Å². The van der Waals surface area contributed by atoms with Gasteiger partial charge in [-0.3, -0.25) is 4.79 Å². The second kappa shape index (κ2) is 4.22. The van der Waals surface area contributed by atoms with Gasteiger partial charge < -0.3 is 5.32 Å². The SMILES string of the molecule is C[C@@H]1C(=O)NC[C@H]2CN(S(=O)(=O)N(C)C)C[C@H]21. The van der Waals surface area contributed by atoms with E-state index in [2.05, 4.69) is 5.32 Å². The van der Waals surface area contributed by atoms with E-state index < -0.39 is 10.2 Å². The van der Waals surface area contributed by atoms with E-state index in [0.29, 0.717) is 19.6 Å². The molecule has 1 N–H and O–H groups in total. The molecule has 0 aromatic heterocycles. The fourth-order valence-electron chi connectivity index (χ4n) is 2.64. The van der Waals surface area contributed by atoms with Gasteiger partial charge in [0.05, 0.1) is 0 Å². The number of carbonyl (C=O) groups is 1. The molecule has 3 atom stereocenters. The zero-order valence-corrected chi connectivity index (χ0v) is 11.2. The van der Waals surface area contributed by atoms with E-state index in [-0.39, 0.29) is 23.7 Å². The Bertz CT molecular complexity index is 421. The van der Waals surface area contributed by atoms with Gasteiger partial charge in [0.2, 0.25) is 5.91 Å². The largest absolute Gasteiger partial charge is 0.356 e. The summed E-state index contributed by atoms with van der Waals surface area (Å²) in [6.07, 6.45) is 0. The summed E-state index contributed by atoms with van der Waals surface area (Å²) < 4.78 is 26.7. The van der Waals surface area contributed by atoms with Crippen molar-refractivity contribution in [1.29, 1.82) is 0 Å². The van der Waals surface area contributed by atoms with E-state index in [4.69, 9.17) is 0 Å². The number of carbonyl (C=O) groups excluding carboxylic acids is 1. The van der Waals surface area contributed by atoms with Crippen LogP contribution in [0.4, 0.5) is 0 Å². The Morgan fingerprint density at radius 2 is 2.00 bits per heavy atom. The predicted octanol–water partition coefficient (Wildman–Crippen LogP) is -0.893. The lowest BCUT2D eigenvalue weighted by Crippen LogP contribution is -2.46. The minimum Gasteiger partial charge on any atom is -0.356 e. The number of amides is 1. The first-order chi connectivity index (χ1) is 7.84. The molecule has 2 rings (SSSR count). The Morgan fingerprint density at radius 3 is 2.59 bits per heavy atom. The Kier molecular flexibility index (Phi) is 3.17. The van der Waals surface area contributed by atoms with Gasteiger partial charge in [0.15, 0.2) is 0 Å². The van der Waals surface area contributed by atoms with Crippen LogP contribution in [-0.2, 0) is 15.0 Å². The highest BCUT2D eigenvalue weighted by Gasteiger charge is 2.45. The van der Waals surface area contributed by atoms with Crippen LogP contribution in [0.2, 0.25) is 0 Å². The summed E-state index contributed by atoms with van der Waals surface area (Å²) >= 11 is 0. The Morgan fingerprint density at radius 1 is 1.35 bits per heavy atom. The first-order valence-corrected chi connectivity index (χ1v) is 7.19. The fourth-order valence-corrected chi connectivity index (χ4v) is 3.85. The van der Waals surface area contributed by atoms with Gasteiger partial charge in [0.25, 0.3) is 10.2 Å². The average Bonchev–Trinajstić information content (AvgIpc) is 2.68. The van der Waals surface area contributed by atoms with Crippen molar-refractivity contribution in [3.8, 4) is 0 Å². The van der Waals surface area contributed by atoms with Crippen LogP contribution < -0.4 is 5.32 Å². The minimum absolute atomic E-state index is 0.0374. The average molecular weight is 261 g/mol. The molecule has 6 nitrogen and oxygen atoms in total. The van der Waals surface area contributed by atoms with Crippen molar-refractivity contribution in [3.63, 3.8) is 0 Å². The topological polar surface area (TPSA) is 69.7 Å². The molecule has 0 saturated carbocycles. The molecule has 2 heterocycles. The van der Waals surface area contributed by atoms with E-state index >= 15 is 0 Å². The van der Waals surface area contributed by atoms with Gasteiger partial charge in [-0.05, 0) is 11.8 Å². The summed E-state index contributed by atoms with van der Waals surface area (Å²) in [5.41, 5.74) is 0. The number of hydrogen-bond donors (Lipinski definition) is 1. The molecule has 0 spiro atoms. The molecule has 2 aliphatic rings. The van der Waals surface area contributed by atoms with Crippen molar-refractivity contribution >= 4 is 16.1 Å². The number of rotatable bonds is 2. The maximum absolute atomic E-state index is 12.0. The Labute approximate surface area is 102 Å². The number of fused-ring (bicyclic) bond motifs is 1. The zero-order chi connectivity index (χ0) is 12.8. The van der Waals surface area contributed by atoms with Crippen LogP contribution in [0.3, 0.4) is 0 Å². The summed E-state index contributed by atoms with van der Waals surface area (Å²) in [4.78, 5) is 11.5. The molecule has 0 aromatic rings. The van der Waals surface area contributed by atoms with Crippen molar-refractivity contribution in [2.24, 2.45) is 17.8 Å². The van der Waals surface area contributed by atoms with E-state index in [9.17, 15) is 13.2 Å². The molecule has 0 unspecified atom stereocenters. The van der Waals surface area contributed by atoms with Crippen molar-refractivity contribution in [2.45, 2.75) is 6.92 Å². The van der Waals surface area contributed by atoms with Crippen LogP contribution in [0.5, 0.6) is 0 Å². The standard InChI is InChI=1S/C10H19N3O3S/c1-7-9-6-13(17(15,16)12(2)3)5-8(9)4-11-10(7)14/h7-9H,4-6H2,1-3H3,(H,11,14)/t7-,8-,9-/m0/s1. The summed E-state index contributed by atoms with van der Waals surface area (Å²) in [7, 11) is -0.284. The van der Waals surface area contributed by atoms with Crippen LogP contribution in [-0.4, -0.2) is 56.7 Å². The molecule has 98 valence electrons. The van der Waals surface area contributed by atoms with Gasteiger partial charge in [0, 0.05) is 39.6 Å². The molecule has 2 saturated heterocycles. The van der Waals surface area contributed by atoms with Crippen LogP contribution in [0.15, 0.2) is 0 Å². The summed E-state index contributed by atoms with van der Waals surface area (Å²) in [6.45, 7) is 3.43. The number of nitrogens with one attached hydrogen (secondary N) is 1. The van der Waals surface area contributed by atoms with Crippen LogP contribution in [0.25, 0.3) is 0 Å². The number of nitrogens with zero attached hydrogens (tertiary/aromatic N) is 2. The Hall–Kier alpha value is -0.660. The monoisotopic (exact) mass is 261 g/mol. The molecule has 0 aliphatic carbocycles. The van der Waals surface area contributed by atoms with Gasteiger partial charge in [-0.15, -0.1) is 0 Å². The lowest BCUT2D eigenvalue weighted by molar-refractivity contribution is -0.128. The molecule has 0 radical (unpaired) electrons. The van der Waals surface area contributed by atoms with Gasteiger partial charge in [0.1, 0.15) is 0 Å². The molecule has 7 heteroatoms. The third-order valence-electron chi connectivity index (χ3n) is 3.84. The molecule has 2 fully saturated rings. The lowest BCUT2D eigenvalue weighted by atomic mass is 9.81. The normalized spacial score (nSPS) is 34.8. The third kappa shape index (κ3) is 2.07. The predicted molar refractivity (Wildman–Crippen MR) is 63.3 cm³/mol. The highest BCUT2D eigenvalue weighted by atomic mass is 32.2. The highest BCUT2D eigenvalue weighted by molar-refractivity contribution is 7.86. The van der Waals surface area contributed by atoms with E-state index in [1.165, 1.54) is 22.7 Å². The first-order valence-electron chi connectivity index (χ1n) is 5.79. The van der Waals surface area contributed by atoms with Crippen molar-refractivity contribution < 1.29 is 13.2 Å². The highest BCUT2D eigenvalue weighted by Crippen LogP contribution is 2.34. The summed E-state index contributed by atoms with van der Waals surface area (Å²) in [5, 5.41) is 2.83. The lowest BCUT2D eigenvalue weighted by Gasteiger charge is -2.29. The smallest absolute Gasteiger partial charge is 0.281 e. The molecule has 0 bridgehead atoms. The van der Waals surface area contributed by atoms with Crippen LogP contribution in [0, 0.1) is 17.8 Å². The maximum Gasteiger partial charge on any atom is 0.281 e. The van der Waals surface area contributed by atoms with Crippen LogP contribution >= 0.6 is 0 Å². The number of hydrogen-bond acceptors (Lipinski definition) is 3. The van der Waals surface area contributed by atoms with E-state index in [1.807, 2.05) is 6.92 Å². The van der Waals surface area contributed by atoms with E-state index in [1.54, 1.807) is 0 Å². The van der Waals surface area contributed by atoms with Gasteiger partial charge in [-0.2, -0.15) is 17.0 Å². The van der Waals surface area contributed by atoms with Gasteiger partial charge in [-0.1, -0.05) is 6.92 Å². The quantitative estimate of drug-likeness (QED) is 0.701. The van der Waals surface area contributed by atoms with Crippen molar-refractivity contribution in [3.05, 3.63) is 0 Å². The van der Waals surface area contributed by atoms with Crippen molar-refractivity contribution in [2.75, 3.05) is 33.7 Å². The van der Waals surface area contributed by atoms with Crippen molar-refractivity contribution in [1.82, 2.24) is 13.9 Å². The zero-order valence-electron chi connectivity index (χ0n) is 10.4. The first kappa shape index (κ1) is 12.8. The molecular formula is C10H19N3O3S. The molecule has 2 aliphatic heterocycles. The third-order valence-corrected chi connectivity index (χ3v) is 5.71. The molecule has 17 heavy (non-hydrogen) atoms. The summed E-state index contributed by atoms with van der Waals surface area (Å²) in [6, 6.07) is 0. The van der Waals surface area contributed by atoms with E-state index in [0.717, 1.165) is 0 Å². The minimum atomic E-state index is -3.35. The Balaban J connectivity index is 2.17. The molecule has 1 amide bonds. The second-order valence-corrected chi connectivity index (χ2v) is 7.21. The second-order valence-electron chi connectivity index (χ2n) is 5.06. The van der Waals surface area contributed by atoms with Crippen LogP contribution in [0.1, 0.15) is 6.92 Å². The van der Waals surface area contributed by atoms with Gasteiger partial charge >= 0.3 is 0 Å². The summed E-state index contributed by atoms with van der Waals surface area (Å²) in [5.74, 6) is 0.336. The fraction of sp³-hybridized carbons (Fsp3) is 0.900. The molecular weight excluding hydrogens is 242 g/mol.